The van der Waals surface area contributed by atoms with E-state index in [1.54, 1.807) is 0 Å². The number of fused-ring (bicyclic) bond motifs is 1. The first-order chi connectivity index (χ1) is 10.7. The zero-order valence-corrected chi connectivity index (χ0v) is 14.5. The highest BCUT2D eigenvalue weighted by Crippen LogP contribution is 2.31. The van der Waals surface area contributed by atoms with Crippen LogP contribution in [0.25, 0.3) is 11.0 Å². The van der Waals surface area contributed by atoms with E-state index in [4.69, 9.17) is 9.15 Å². The number of ketones is 1. The number of benzene rings is 1. The van der Waals surface area contributed by atoms with Gasteiger partial charge in [-0.15, -0.1) is 0 Å². The Morgan fingerprint density at radius 3 is 2.52 bits per heavy atom. The summed E-state index contributed by atoms with van der Waals surface area (Å²) in [6.07, 6.45) is 1.67. The van der Waals surface area contributed by atoms with E-state index in [1.165, 1.54) is 6.07 Å². The number of Topliss-reactive ketones (excluding diaryl/α,β-unsaturated/α-hetero) is 1. The molecule has 2 rings (SSSR count). The van der Waals surface area contributed by atoms with Crippen LogP contribution in [0.3, 0.4) is 0 Å². The minimum absolute atomic E-state index is 0.00669. The van der Waals surface area contributed by atoms with Crippen LogP contribution in [0.2, 0.25) is 0 Å². The molecular formula is C19H24O4. The first-order valence-corrected chi connectivity index (χ1v) is 7.96. The van der Waals surface area contributed by atoms with Gasteiger partial charge in [-0.05, 0) is 36.6 Å². The standard InChI is InChI=1S/C19H24O4/c1-6-7-13-10-17(21)23-15-9-12(2)8-14(18(13)15)22-11-16(20)19(3,4)5/h8-10H,6-7,11H2,1-5H3. The molecule has 0 spiro atoms. The second-order valence-corrected chi connectivity index (χ2v) is 6.94. The van der Waals surface area contributed by atoms with E-state index in [9.17, 15) is 9.59 Å². The van der Waals surface area contributed by atoms with E-state index in [0.29, 0.717) is 11.3 Å². The number of hydrogen-bond acceptors (Lipinski definition) is 4. The molecule has 1 aromatic heterocycles. The fraction of sp³-hybridized carbons (Fsp3) is 0.474. The minimum Gasteiger partial charge on any atom is -0.485 e. The quantitative estimate of drug-likeness (QED) is 0.781. The van der Waals surface area contributed by atoms with Gasteiger partial charge in [-0.3, -0.25) is 4.79 Å². The highest BCUT2D eigenvalue weighted by Gasteiger charge is 2.22. The Morgan fingerprint density at radius 2 is 1.91 bits per heavy atom. The van der Waals surface area contributed by atoms with Gasteiger partial charge >= 0.3 is 5.63 Å². The summed E-state index contributed by atoms with van der Waals surface area (Å²) < 4.78 is 11.1. The fourth-order valence-corrected chi connectivity index (χ4v) is 2.41. The molecule has 0 radical (unpaired) electrons. The van der Waals surface area contributed by atoms with E-state index < -0.39 is 5.41 Å². The average molecular weight is 316 g/mol. The molecule has 0 unspecified atom stereocenters. The van der Waals surface area contributed by atoms with Gasteiger partial charge in [0.05, 0.1) is 5.39 Å². The molecule has 0 atom stereocenters. The molecule has 124 valence electrons. The van der Waals surface area contributed by atoms with E-state index in [1.807, 2.05) is 39.8 Å². The van der Waals surface area contributed by atoms with Crippen LogP contribution in [0.4, 0.5) is 0 Å². The number of ether oxygens (including phenoxy) is 1. The van der Waals surface area contributed by atoms with Crippen LogP contribution < -0.4 is 10.4 Å². The van der Waals surface area contributed by atoms with Crippen LogP contribution in [0.15, 0.2) is 27.4 Å². The number of aryl methyl sites for hydroxylation is 2. The van der Waals surface area contributed by atoms with Crippen molar-refractivity contribution in [1.29, 1.82) is 0 Å². The van der Waals surface area contributed by atoms with Crippen molar-refractivity contribution in [3.05, 3.63) is 39.7 Å². The molecule has 4 nitrogen and oxygen atoms in total. The summed E-state index contributed by atoms with van der Waals surface area (Å²) in [5.74, 6) is 0.631. The summed E-state index contributed by atoms with van der Waals surface area (Å²) in [5.41, 5.74) is 1.53. The van der Waals surface area contributed by atoms with Crippen LogP contribution in [0.1, 0.15) is 45.2 Å². The highest BCUT2D eigenvalue weighted by atomic mass is 16.5. The van der Waals surface area contributed by atoms with Crippen LogP contribution in [0, 0.1) is 12.3 Å². The molecule has 0 saturated heterocycles. The highest BCUT2D eigenvalue weighted by molar-refractivity contribution is 5.89. The average Bonchev–Trinajstić information content (AvgIpc) is 2.42. The second-order valence-electron chi connectivity index (χ2n) is 6.94. The van der Waals surface area contributed by atoms with Crippen molar-refractivity contribution in [1.82, 2.24) is 0 Å². The Hall–Kier alpha value is -2.10. The zero-order valence-electron chi connectivity index (χ0n) is 14.5. The van der Waals surface area contributed by atoms with Gasteiger partial charge in [-0.2, -0.15) is 0 Å². The van der Waals surface area contributed by atoms with Gasteiger partial charge in [0.15, 0.2) is 5.78 Å². The molecule has 0 saturated carbocycles. The molecule has 0 aliphatic rings. The Morgan fingerprint density at radius 1 is 1.22 bits per heavy atom. The lowest BCUT2D eigenvalue weighted by molar-refractivity contribution is -0.128. The van der Waals surface area contributed by atoms with E-state index >= 15 is 0 Å². The van der Waals surface area contributed by atoms with Crippen molar-refractivity contribution in [2.75, 3.05) is 6.61 Å². The first kappa shape index (κ1) is 17.3. The molecular weight excluding hydrogens is 292 g/mol. The monoisotopic (exact) mass is 316 g/mol. The largest absolute Gasteiger partial charge is 0.485 e. The van der Waals surface area contributed by atoms with Gasteiger partial charge < -0.3 is 9.15 Å². The third-order valence-electron chi connectivity index (χ3n) is 3.75. The fourth-order valence-electron chi connectivity index (χ4n) is 2.41. The number of carbonyl (C=O) groups excluding carboxylic acids is 1. The van der Waals surface area contributed by atoms with Crippen LogP contribution >= 0.6 is 0 Å². The molecule has 1 aromatic carbocycles. The first-order valence-electron chi connectivity index (χ1n) is 7.96. The molecule has 0 N–H and O–H groups in total. The van der Waals surface area contributed by atoms with Gasteiger partial charge in [0, 0.05) is 11.5 Å². The SMILES string of the molecule is CCCc1cc(=O)oc2cc(C)cc(OCC(=O)C(C)(C)C)c12. The number of rotatable bonds is 5. The maximum Gasteiger partial charge on any atom is 0.336 e. The van der Waals surface area contributed by atoms with Crippen molar-refractivity contribution >= 4 is 16.8 Å². The minimum atomic E-state index is -0.446. The Kier molecular flexibility index (Phi) is 4.93. The maximum atomic E-state index is 12.1. The van der Waals surface area contributed by atoms with Gasteiger partial charge in [0.1, 0.15) is 17.9 Å². The lowest BCUT2D eigenvalue weighted by atomic mass is 9.91. The van der Waals surface area contributed by atoms with E-state index in [0.717, 1.165) is 29.4 Å². The Balaban J connectivity index is 2.50. The zero-order chi connectivity index (χ0) is 17.2. The summed E-state index contributed by atoms with van der Waals surface area (Å²) in [7, 11) is 0. The van der Waals surface area contributed by atoms with Gasteiger partial charge in [0.2, 0.25) is 0 Å². The van der Waals surface area contributed by atoms with E-state index in [2.05, 4.69) is 6.92 Å². The normalized spacial score (nSPS) is 11.7. The molecule has 4 heteroatoms. The third kappa shape index (κ3) is 4.01. The summed E-state index contributed by atoms with van der Waals surface area (Å²) in [4.78, 5) is 23.9. The molecule has 2 aromatic rings. The Labute approximate surface area is 136 Å². The molecule has 0 amide bonds. The molecule has 0 bridgehead atoms. The molecule has 0 aliphatic heterocycles. The van der Waals surface area contributed by atoms with Crippen molar-refractivity contribution in [2.45, 2.75) is 47.5 Å². The number of hydrogen-bond donors (Lipinski definition) is 0. The lowest BCUT2D eigenvalue weighted by Crippen LogP contribution is -2.26. The summed E-state index contributed by atoms with van der Waals surface area (Å²) in [6.45, 7) is 9.58. The van der Waals surface area contributed by atoms with Crippen molar-refractivity contribution in [2.24, 2.45) is 5.41 Å². The third-order valence-corrected chi connectivity index (χ3v) is 3.75. The summed E-state index contributed by atoms with van der Waals surface area (Å²) in [5, 5.41) is 0.791. The van der Waals surface area contributed by atoms with Gasteiger partial charge in [-0.1, -0.05) is 34.1 Å². The van der Waals surface area contributed by atoms with Crippen molar-refractivity contribution in [3.8, 4) is 5.75 Å². The van der Waals surface area contributed by atoms with Gasteiger partial charge in [-0.25, -0.2) is 4.79 Å². The smallest absolute Gasteiger partial charge is 0.336 e. The van der Waals surface area contributed by atoms with Crippen LogP contribution in [0.5, 0.6) is 5.75 Å². The van der Waals surface area contributed by atoms with Crippen LogP contribution in [-0.2, 0) is 11.2 Å². The molecule has 0 aliphatic carbocycles. The van der Waals surface area contributed by atoms with Crippen LogP contribution in [-0.4, -0.2) is 12.4 Å². The van der Waals surface area contributed by atoms with E-state index in [-0.39, 0.29) is 18.0 Å². The molecule has 0 fully saturated rings. The topological polar surface area (TPSA) is 56.5 Å². The van der Waals surface area contributed by atoms with Gasteiger partial charge in [0.25, 0.3) is 0 Å². The predicted molar refractivity (Wildman–Crippen MR) is 91.2 cm³/mol. The summed E-state index contributed by atoms with van der Waals surface area (Å²) in [6, 6.07) is 5.23. The van der Waals surface area contributed by atoms with Crippen molar-refractivity contribution < 1.29 is 13.9 Å². The molecule has 23 heavy (non-hydrogen) atoms. The second kappa shape index (κ2) is 6.57. The molecule has 1 heterocycles. The van der Waals surface area contributed by atoms with Crippen molar-refractivity contribution in [3.63, 3.8) is 0 Å². The Bertz CT molecular complexity index is 778. The lowest BCUT2D eigenvalue weighted by Gasteiger charge is -2.18. The summed E-state index contributed by atoms with van der Waals surface area (Å²) >= 11 is 0. The predicted octanol–water partition coefficient (Wildman–Crippen LogP) is 4.05. The maximum absolute atomic E-state index is 12.1. The number of carbonyl (C=O) groups is 1.